The maximum Gasteiger partial charge on any atom is 0.410 e. The van der Waals surface area contributed by atoms with Crippen LogP contribution < -0.4 is 5.73 Å². The summed E-state index contributed by atoms with van der Waals surface area (Å²) in [6.07, 6.45) is 0.406. The number of hydrogen-bond donors (Lipinski definition) is 1. The van der Waals surface area contributed by atoms with E-state index in [1.807, 2.05) is 44.2 Å². The summed E-state index contributed by atoms with van der Waals surface area (Å²) < 4.78 is 5.35. The Balaban J connectivity index is 1.83. The minimum absolute atomic E-state index is 0.00780. The number of nitrogens with two attached hydrogens (primary N) is 1. The first-order valence-electron chi connectivity index (χ1n) is 8.38. The highest BCUT2D eigenvalue weighted by Gasteiger charge is 2.33. The standard InChI is InChI=1S/C18H27N3O3/c1-13(2)16(19)17(22)20(3)15-9-10-21(11-15)18(23)24-12-14-7-5-4-6-8-14/h4-8,13,15-16H,9-12,19H2,1-3H3/t15-,16-/m0/s1. The highest BCUT2D eigenvalue weighted by atomic mass is 16.6. The molecule has 1 aromatic carbocycles. The fourth-order valence-electron chi connectivity index (χ4n) is 2.73. The molecule has 0 bridgehead atoms. The number of hydrogen-bond acceptors (Lipinski definition) is 4. The molecule has 2 atom stereocenters. The molecule has 2 rings (SSSR count). The monoisotopic (exact) mass is 333 g/mol. The summed E-state index contributed by atoms with van der Waals surface area (Å²) in [5.41, 5.74) is 6.89. The Labute approximate surface area is 143 Å². The predicted octanol–water partition coefficient (Wildman–Crippen LogP) is 1.84. The molecule has 24 heavy (non-hydrogen) atoms. The van der Waals surface area contributed by atoms with E-state index in [0.717, 1.165) is 12.0 Å². The van der Waals surface area contributed by atoms with E-state index >= 15 is 0 Å². The predicted molar refractivity (Wildman–Crippen MR) is 92.2 cm³/mol. The molecule has 0 aromatic heterocycles. The number of ether oxygens (including phenoxy) is 1. The first-order valence-corrected chi connectivity index (χ1v) is 8.38. The molecule has 1 aromatic rings. The highest BCUT2D eigenvalue weighted by Crippen LogP contribution is 2.17. The van der Waals surface area contributed by atoms with Crippen LogP contribution in [0, 0.1) is 5.92 Å². The second-order valence-corrected chi connectivity index (χ2v) is 6.65. The van der Waals surface area contributed by atoms with E-state index in [1.54, 1.807) is 16.8 Å². The van der Waals surface area contributed by atoms with Crippen molar-refractivity contribution in [1.29, 1.82) is 0 Å². The summed E-state index contributed by atoms with van der Waals surface area (Å²) in [5, 5.41) is 0. The van der Waals surface area contributed by atoms with Crippen LogP contribution >= 0.6 is 0 Å². The average Bonchev–Trinajstić information content (AvgIpc) is 3.08. The summed E-state index contributed by atoms with van der Waals surface area (Å²) in [5.74, 6) is 0.0165. The Bertz CT molecular complexity index is 562. The molecule has 6 nitrogen and oxygen atoms in total. The molecule has 2 amide bonds. The van der Waals surface area contributed by atoms with Crippen LogP contribution in [-0.4, -0.2) is 54.0 Å². The summed E-state index contributed by atoms with van der Waals surface area (Å²) in [4.78, 5) is 27.8. The largest absolute Gasteiger partial charge is 0.445 e. The third kappa shape index (κ3) is 4.47. The summed E-state index contributed by atoms with van der Waals surface area (Å²) in [6, 6.07) is 9.06. The molecule has 0 radical (unpaired) electrons. The molecule has 0 unspecified atom stereocenters. The zero-order chi connectivity index (χ0) is 17.7. The lowest BCUT2D eigenvalue weighted by Gasteiger charge is -2.28. The Morgan fingerprint density at radius 2 is 2.00 bits per heavy atom. The first kappa shape index (κ1) is 18.3. The molecule has 1 saturated heterocycles. The second-order valence-electron chi connectivity index (χ2n) is 6.65. The van der Waals surface area contributed by atoms with E-state index in [-0.39, 0.29) is 30.6 Å². The van der Waals surface area contributed by atoms with Crippen molar-refractivity contribution in [3.8, 4) is 0 Å². The lowest BCUT2D eigenvalue weighted by atomic mass is 10.0. The number of rotatable bonds is 5. The number of benzene rings is 1. The van der Waals surface area contributed by atoms with Gasteiger partial charge in [-0.25, -0.2) is 4.79 Å². The minimum atomic E-state index is -0.505. The number of carbonyl (C=O) groups excluding carboxylic acids is 2. The van der Waals surface area contributed by atoms with Crippen molar-refractivity contribution < 1.29 is 14.3 Å². The van der Waals surface area contributed by atoms with Gasteiger partial charge in [0.2, 0.25) is 5.91 Å². The first-order chi connectivity index (χ1) is 11.4. The lowest BCUT2D eigenvalue weighted by Crippen LogP contribution is -2.49. The number of likely N-dealkylation sites (tertiary alicyclic amines) is 1. The summed E-state index contributed by atoms with van der Waals surface area (Å²) >= 11 is 0. The van der Waals surface area contributed by atoms with Crippen molar-refractivity contribution >= 4 is 12.0 Å². The minimum Gasteiger partial charge on any atom is -0.445 e. The van der Waals surface area contributed by atoms with E-state index in [0.29, 0.717) is 13.1 Å². The molecule has 6 heteroatoms. The molecule has 132 valence electrons. The van der Waals surface area contributed by atoms with Crippen LogP contribution in [-0.2, 0) is 16.1 Å². The Morgan fingerprint density at radius 3 is 2.62 bits per heavy atom. The molecular weight excluding hydrogens is 306 g/mol. The van der Waals surface area contributed by atoms with Gasteiger partial charge in [0.15, 0.2) is 0 Å². The number of nitrogens with zero attached hydrogens (tertiary/aromatic N) is 2. The van der Waals surface area contributed by atoms with Crippen LogP contribution in [0.1, 0.15) is 25.8 Å². The Morgan fingerprint density at radius 1 is 1.33 bits per heavy atom. The normalized spacial score (nSPS) is 18.5. The smallest absolute Gasteiger partial charge is 0.410 e. The maximum atomic E-state index is 12.3. The SMILES string of the molecule is CC(C)[C@H](N)C(=O)N(C)[C@H]1CCN(C(=O)OCc2ccccc2)C1. The van der Waals surface area contributed by atoms with Gasteiger partial charge in [-0.1, -0.05) is 44.2 Å². The molecule has 2 N–H and O–H groups in total. The van der Waals surface area contributed by atoms with E-state index in [2.05, 4.69) is 0 Å². The molecule has 1 aliphatic heterocycles. The third-order valence-electron chi connectivity index (χ3n) is 4.53. The molecule has 0 spiro atoms. The van der Waals surface area contributed by atoms with Gasteiger partial charge in [-0.05, 0) is 17.9 Å². The quantitative estimate of drug-likeness (QED) is 0.892. The zero-order valence-corrected chi connectivity index (χ0v) is 14.6. The van der Waals surface area contributed by atoms with Crippen molar-refractivity contribution in [2.45, 2.75) is 39.0 Å². The van der Waals surface area contributed by atoms with Gasteiger partial charge < -0.3 is 20.3 Å². The molecule has 0 saturated carbocycles. The van der Waals surface area contributed by atoms with Crippen molar-refractivity contribution in [3.05, 3.63) is 35.9 Å². The fourth-order valence-corrected chi connectivity index (χ4v) is 2.73. The lowest BCUT2D eigenvalue weighted by molar-refractivity contribution is -0.134. The van der Waals surface area contributed by atoms with Crippen molar-refractivity contribution in [2.75, 3.05) is 20.1 Å². The highest BCUT2D eigenvalue weighted by molar-refractivity contribution is 5.82. The second kappa shape index (κ2) is 8.15. The summed E-state index contributed by atoms with van der Waals surface area (Å²) in [7, 11) is 1.76. The van der Waals surface area contributed by atoms with E-state index < -0.39 is 6.04 Å². The zero-order valence-electron chi connectivity index (χ0n) is 14.6. The van der Waals surface area contributed by atoms with Gasteiger partial charge in [-0.2, -0.15) is 0 Å². The van der Waals surface area contributed by atoms with Gasteiger partial charge in [0.05, 0.1) is 12.1 Å². The molecular formula is C18H27N3O3. The summed E-state index contributed by atoms with van der Waals surface area (Å²) in [6.45, 7) is 5.19. The van der Waals surface area contributed by atoms with Crippen molar-refractivity contribution in [1.82, 2.24) is 9.80 Å². The van der Waals surface area contributed by atoms with Gasteiger partial charge in [0.25, 0.3) is 0 Å². The fraction of sp³-hybridized carbons (Fsp3) is 0.556. The van der Waals surface area contributed by atoms with E-state index in [9.17, 15) is 9.59 Å². The molecule has 1 aliphatic rings. The Hall–Kier alpha value is -2.08. The van der Waals surface area contributed by atoms with Crippen LogP contribution in [0.25, 0.3) is 0 Å². The van der Waals surface area contributed by atoms with Crippen LogP contribution in [0.2, 0.25) is 0 Å². The van der Waals surface area contributed by atoms with Gasteiger partial charge in [0, 0.05) is 20.1 Å². The van der Waals surface area contributed by atoms with Gasteiger partial charge in [-0.15, -0.1) is 0 Å². The van der Waals surface area contributed by atoms with Crippen molar-refractivity contribution in [2.24, 2.45) is 11.7 Å². The average molecular weight is 333 g/mol. The Kier molecular flexibility index (Phi) is 6.20. The maximum absolute atomic E-state index is 12.3. The van der Waals surface area contributed by atoms with Crippen LogP contribution in [0.5, 0.6) is 0 Å². The van der Waals surface area contributed by atoms with Gasteiger partial charge in [0.1, 0.15) is 6.61 Å². The number of likely N-dealkylation sites (N-methyl/N-ethyl adjacent to an activating group) is 1. The van der Waals surface area contributed by atoms with Crippen LogP contribution in [0.4, 0.5) is 4.79 Å². The molecule has 1 heterocycles. The van der Waals surface area contributed by atoms with Crippen LogP contribution in [0.3, 0.4) is 0 Å². The van der Waals surface area contributed by atoms with Gasteiger partial charge in [-0.3, -0.25) is 4.79 Å². The molecule has 1 fully saturated rings. The number of amides is 2. The topological polar surface area (TPSA) is 75.9 Å². The van der Waals surface area contributed by atoms with E-state index in [4.69, 9.17) is 10.5 Å². The molecule has 0 aliphatic carbocycles. The van der Waals surface area contributed by atoms with Crippen molar-refractivity contribution in [3.63, 3.8) is 0 Å². The number of carbonyl (C=O) groups is 2. The third-order valence-corrected chi connectivity index (χ3v) is 4.53. The van der Waals surface area contributed by atoms with Crippen LogP contribution in [0.15, 0.2) is 30.3 Å². The van der Waals surface area contributed by atoms with Gasteiger partial charge >= 0.3 is 6.09 Å². The van der Waals surface area contributed by atoms with E-state index in [1.165, 1.54) is 0 Å².